The fourth-order valence-corrected chi connectivity index (χ4v) is 2.44. The van der Waals surface area contributed by atoms with Gasteiger partial charge < -0.3 is 4.74 Å². The second-order valence-corrected chi connectivity index (χ2v) is 4.13. The quantitative estimate of drug-likeness (QED) is 0.775. The molecule has 1 atom stereocenters. The van der Waals surface area contributed by atoms with Gasteiger partial charge in [0.05, 0.1) is 12.8 Å². The maximum atomic E-state index is 5.86. The Kier molecular flexibility index (Phi) is 3.82. The van der Waals surface area contributed by atoms with Gasteiger partial charge in [0.15, 0.2) is 0 Å². The predicted octanol–water partition coefficient (Wildman–Crippen LogP) is 1.24. The summed E-state index contributed by atoms with van der Waals surface area (Å²) in [5.41, 5.74) is 2.78. The third-order valence-electron chi connectivity index (χ3n) is 3.19. The average molecular weight is 241 g/mol. The minimum Gasteiger partial charge on any atom is -0.370 e. The molecule has 16 heavy (non-hydrogen) atoms. The van der Waals surface area contributed by atoms with Gasteiger partial charge in [-0.3, -0.25) is 10.6 Å². The summed E-state index contributed by atoms with van der Waals surface area (Å²) in [4.78, 5) is 0. The number of ether oxygens (including phenoxy) is 1. The lowest BCUT2D eigenvalue weighted by Gasteiger charge is -2.30. The highest BCUT2D eigenvalue weighted by Gasteiger charge is 2.30. The van der Waals surface area contributed by atoms with Gasteiger partial charge in [-0.15, -0.1) is 12.4 Å². The zero-order chi connectivity index (χ0) is 10.1. The van der Waals surface area contributed by atoms with E-state index < -0.39 is 0 Å². The highest BCUT2D eigenvalue weighted by atomic mass is 35.5. The molecule has 2 aliphatic heterocycles. The molecule has 0 spiro atoms. The summed E-state index contributed by atoms with van der Waals surface area (Å²) in [6, 6.07) is 8.59. The standard InChI is InChI=1S/C12H16N2O.ClH/c1-2-4-10-9(3-1)5-8-15-11(10)12-13-6-7-14-12;/h1-4,11-14H,5-8H2;1H. The number of hydrogen-bond acceptors (Lipinski definition) is 3. The van der Waals surface area contributed by atoms with Crippen molar-refractivity contribution < 1.29 is 4.74 Å². The van der Waals surface area contributed by atoms with Crippen LogP contribution >= 0.6 is 12.4 Å². The Morgan fingerprint density at radius 1 is 1.12 bits per heavy atom. The highest BCUT2D eigenvalue weighted by molar-refractivity contribution is 5.85. The Balaban J connectivity index is 0.000000963. The largest absolute Gasteiger partial charge is 0.370 e. The van der Waals surface area contributed by atoms with E-state index in [1.165, 1.54) is 11.1 Å². The minimum absolute atomic E-state index is 0. The summed E-state index contributed by atoms with van der Waals surface area (Å²) in [6.45, 7) is 2.90. The number of halogens is 1. The Morgan fingerprint density at radius 2 is 1.88 bits per heavy atom. The summed E-state index contributed by atoms with van der Waals surface area (Å²) in [5.74, 6) is 0. The Morgan fingerprint density at radius 3 is 2.69 bits per heavy atom. The third-order valence-corrected chi connectivity index (χ3v) is 3.19. The average Bonchev–Trinajstić information content (AvgIpc) is 2.82. The van der Waals surface area contributed by atoms with Gasteiger partial charge in [-0.1, -0.05) is 24.3 Å². The molecule has 0 aromatic heterocycles. The van der Waals surface area contributed by atoms with E-state index in [0.717, 1.165) is 26.1 Å². The third kappa shape index (κ3) is 2.09. The Bertz CT molecular complexity index is 353. The van der Waals surface area contributed by atoms with Crippen LogP contribution in [0.3, 0.4) is 0 Å². The molecule has 2 aliphatic rings. The second-order valence-electron chi connectivity index (χ2n) is 4.13. The van der Waals surface area contributed by atoms with Crippen LogP contribution in [-0.2, 0) is 11.2 Å². The van der Waals surface area contributed by atoms with Crippen LogP contribution < -0.4 is 10.6 Å². The van der Waals surface area contributed by atoms with Gasteiger partial charge >= 0.3 is 0 Å². The van der Waals surface area contributed by atoms with Crippen molar-refractivity contribution in [3.05, 3.63) is 35.4 Å². The Hall–Kier alpha value is -0.610. The maximum absolute atomic E-state index is 5.86. The maximum Gasteiger partial charge on any atom is 0.111 e. The molecule has 2 N–H and O–H groups in total. The van der Waals surface area contributed by atoms with E-state index in [2.05, 4.69) is 34.9 Å². The van der Waals surface area contributed by atoms with E-state index in [4.69, 9.17) is 4.74 Å². The SMILES string of the molecule is Cl.c1ccc2c(c1)CCOC2C1NCCN1. The van der Waals surface area contributed by atoms with Gasteiger partial charge in [0.1, 0.15) is 6.10 Å². The first-order chi connectivity index (χ1) is 7.45. The van der Waals surface area contributed by atoms with Gasteiger partial charge in [0.25, 0.3) is 0 Å². The van der Waals surface area contributed by atoms with E-state index >= 15 is 0 Å². The molecule has 0 aliphatic carbocycles. The zero-order valence-corrected chi connectivity index (χ0v) is 9.93. The molecule has 1 fully saturated rings. The number of hydrogen-bond donors (Lipinski definition) is 2. The summed E-state index contributed by atoms with van der Waals surface area (Å²) in [7, 11) is 0. The van der Waals surface area contributed by atoms with Crippen molar-refractivity contribution in [2.45, 2.75) is 18.7 Å². The Labute approximate surface area is 102 Å². The summed E-state index contributed by atoms with van der Waals surface area (Å²) in [6.07, 6.45) is 1.50. The van der Waals surface area contributed by atoms with Crippen molar-refractivity contribution >= 4 is 12.4 Å². The van der Waals surface area contributed by atoms with E-state index in [0.29, 0.717) is 0 Å². The smallest absolute Gasteiger partial charge is 0.111 e. The van der Waals surface area contributed by atoms with Crippen LogP contribution in [0.1, 0.15) is 17.2 Å². The normalized spacial score (nSPS) is 24.9. The van der Waals surface area contributed by atoms with Gasteiger partial charge in [-0.05, 0) is 17.5 Å². The van der Waals surface area contributed by atoms with Crippen LogP contribution in [0.25, 0.3) is 0 Å². The second kappa shape index (κ2) is 5.15. The van der Waals surface area contributed by atoms with Crippen LogP contribution in [0.15, 0.2) is 24.3 Å². The number of fused-ring (bicyclic) bond motifs is 1. The minimum atomic E-state index is 0. The van der Waals surface area contributed by atoms with Crippen molar-refractivity contribution in [2.24, 2.45) is 0 Å². The monoisotopic (exact) mass is 240 g/mol. The molecule has 1 unspecified atom stereocenters. The molecular weight excluding hydrogens is 224 g/mol. The molecule has 1 saturated heterocycles. The molecule has 2 heterocycles. The lowest BCUT2D eigenvalue weighted by molar-refractivity contribution is 0.0148. The first kappa shape index (κ1) is 11.9. The summed E-state index contributed by atoms with van der Waals surface area (Å²) in [5, 5.41) is 6.86. The van der Waals surface area contributed by atoms with Gasteiger partial charge in [0.2, 0.25) is 0 Å². The predicted molar refractivity (Wildman–Crippen MR) is 65.9 cm³/mol. The van der Waals surface area contributed by atoms with Gasteiger partial charge in [-0.2, -0.15) is 0 Å². The van der Waals surface area contributed by atoms with Gasteiger partial charge in [0, 0.05) is 13.1 Å². The topological polar surface area (TPSA) is 33.3 Å². The number of benzene rings is 1. The fourth-order valence-electron chi connectivity index (χ4n) is 2.44. The van der Waals surface area contributed by atoms with Crippen LogP contribution in [0.4, 0.5) is 0 Å². The van der Waals surface area contributed by atoms with Crippen LogP contribution in [0.5, 0.6) is 0 Å². The summed E-state index contributed by atoms with van der Waals surface area (Å²) < 4.78 is 5.86. The van der Waals surface area contributed by atoms with Crippen molar-refractivity contribution in [1.29, 1.82) is 0 Å². The molecule has 1 aromatic carbocycles. The first-order valence-corrected chi connectivity index (χ1v) is 5.61. The molecule has 4 heteroatoms. The van der Waals surface area contributed by atoms with Crippen molar-refractivity contribution in [3.8, 4) is 0 Å². The van der Waals surface area contributed by atoms with Crippen molar-refractivity contribution in [2.75, 3.05) is 19.7 Å². The molecule has 3 rings (SSSR count). The molecule has 1 aromatic rings. The first-order valence-electron chi connectivity index (χ1n) is 5.61. The van der Waals surface area contributed by atoms with Crippen molar-refractivity contribution in [3.63, 3.8) is 0 Å². The summed E-state index contributed by atoms with van der Waals surface area (Å²) >= 11 is 0. The van der Waals surface area contributed by atoms with E-state index in [1.807, 2.05) is 0 Å². The van der Waals surface area contributed by atoms with E-state index in [-0.39, 0.29) is 24.7 Å². The van der Waals surface area contributed by atoms with Gasteiger partial charge in [-0.25, -0.2) is 0 Å². The highest BCUT2D eigenvalue weighted by Crippen LogP contribution is 2.29. The molecule has 3 nitrogen and oxygen atoms in total. The molecule has 0 radical (unpaired) electrons. The van der Waals surface area contributed by atoms with Crippen LogP contribution in [0, 0.1) is 0 Å². The molecule has 0 bridgehead atoms. The zero-order valence-electron chi connectivity index (χ0n) is 9.11. The van der Waals surface area contributed by atoms with Crippen LogP contribution in [0.2, 0.25) is 0 Å². The molecule has 88 valence electrons. The molecule has 0 amide bonds. The number of nitrogens with one attached hydrogen (secondary N) is 2. The van der Waals surface area contributed by atoms with Crippen molar-refractivity contribution in [1.82, 2.24) is 10.6 Å². The molecule has 0 saturated carbocycles. The lowest BCUT2D eigenvalue weighted by atomic mass is 9.96. The van der Waals surface area contributed by atoms with Crippen LogP contribution in [-0.4, -0.2) is 25.9 Å². The fraction of sp³-hybridized carbons (Fsp3) is 0.500. The lowest BCUT2D eigenvalue weighted by Crippen LogP contribution is -2.40. The number of rotatable bonds is 1. The van der Waals surface area contributed by atoms with E-state index in [1.54, 1.807) is 0 Å². The van der Waals surface area contributed by atoms with E-state index in [9.17, 15) is 0 Å². The molecular formula is C12H17ClN2O.